The molecule has 2 aromatic heterocycles. The maximum Gasteiger partial charge on any atom is 0.266 e. The van der Waals surface area contributed by atoms with Crippen LogP contribution in [0.3, 0.4) is 0 Å². The Morgan fingerprint density at radius 1 is 0.905 bits per heavy atom. The Morgan fingerprint density at radius 3 is 2.43 bits per heavy atom. The Bertz CT molecular complexity index is 1990. The number of nitrogens with zero attached hydrogens (tertiary/aromatic N) is 6. The minimum absolute atomic E-state index is 0.170. The van der Waals surface area contributed by atoms with Gasteiger partial charge in [-0.05, 0) is 77.9 Å². The number of hydrogen-bond acceptors (Lipinski definition) is 6. The standard InChI is InChI=1S/C33H23BrN6O2/c34-26-12-9-25(10-13-26)20-39-21-27(37-38-39)22-42-29-16-14-28(15-17-29)40-32(18-11-23-5-7-24(19-35)8-6-23)36-31-4-2-1-3-30(31)33(40)41/h1-18,21H,20,22H2/b18-11+. The van der Waals surface area contributed by atoms with Gasteiger partial charge in [0.25, 0.3) is 5.56 Å². The molecule has 0 unspecified atom stereocenters. The van der Waals surface area contributed by atoms with Crippen molar-refractivity contribution in [3.05, 3.63) is 146 Å². The molecule has 0 saturated carbocycles. The number of benzene rings is 4. The van der Waals surface area contributed by atoms with Crippen LogP contribution in [0.15, 0.2) is 113 Å². The summed E-state index contributed by atoms with van der Waals surface area (Å²) < 4.78 is 10.3. The summed E-state index contributed by atoms with van der Waals surface area (Å²) in [4.78, 5) is 18.4. The fraction of sp³-hybridized carbons (Fsp3) is 0.0606. The first kappa shape index (κ1) is 26.9. The minimum Gasteiger partial charge on any atom is -0.487 e. The van der Waals surface area contributed by atoms with Gasteiger partial charge in [0.05, 0.1) is 41.0 Å². The number of nitriles is 1. The molecule has 0 saturated heterocycles. The van der Waals surface area contributed by atoms with E-state index in [1.54, 1.807) is 33.5 Å². The maximum absolute atomic E-state index is 13.6. The van der Waals surface area contributed by atoms with Crippen molar-refractivity contribution < 1.29 is 4.74 Å². The number of para-hydroxylation sites is 1. The lowest BCUT2D eigenvalue weighted by atomic mass is 10.1. The molecule has 0 N–H and O–H groups in total. The third-order valence-corrected chi connectivity index (χ3v) is 7.12. The van der Waals surface area contributed by atoms with E-state index in [0.717, 1.165) is 15.6 Å². The van der Waals surface area contributed by atoms with E-state index in [2.05, 4.69) is 32.3 Å². The van der Waals surface area contributed by atoms with Gasteiger partial charge in [-0.1, -0.05) is 63.6 Å². The zero-order valence-electron chi connectivity index (χ0n) is 22.3. The van der Waals surface area contributed by atoms with Gasteiger partial charge in [0, 0.05) is 4.47 Å². The molecule has 0 atom stereocenters. The lowest BCUT2D eigenvalue weighted by Crippen LogP contribution is -2.22. The molecule has 0 aliphatic rings. The molecular weight excluding hydrogens is 592 g/mol. The Labute approximate surface area is 249 Å². The average molecular weight is 615 g/mol. The number of ether oxygens (including phenoxy) is 1. The zero-order chi connectivity index (χ0) is 28.9. The Hall–Kier alpha value is -5.33. The molecule has 0 amide bonds. The van der Waals surface area contributed by atoms with Crippen LogP contribution in [0, 0.1) is 11.3 Å². The smallest absolute Gasteiger partial charge is 0.266 e. The van der Waals surface area contributed by atoms with Gasteiger partial charge < -0.3 is 4.74 Å². The number of hydrogen-bond donors (Lipinski definition) is 0. The second-order valence-electron chi connectivity index (χ2n) is 9.51. The van der Waals surface area contributed by atoms with E-state index in [-0.39, 0.29) is 12.2 Å². The molecule has 0 bridgehead atoms. The first-order valence-corrected chi connectivity index (χ1v) is 13.9. The Balaban J connectivity index is 1.22. The lowest BCUT2D eigenvalue weighted by molar-refractivity contribution is 0.301. The molecule has 6 aromatic rings. The monoisotopic (exact) mass is 614 g/mol. The minimum atomic E-state index is -0.170. The van der Waals surface area contributed by atoms with Gasteiger partial charge >= 0.3 is 0 Å². The zero-order valence-corrected chi connectivity index (χ0v) is 23.8. The van der Waals surface area contributed by atoms with E-state index in [1.807, 2.05) is 91.1 Å². The van der Waals surface area contributed by atoms with Gasteiger partial charge in [-0.3, -0.25) is 9.36 Å². The maximum atomic E-state index is 13.6. The predicted molar refractivity (Wildman–Crippen MR) is 165 cm³/mol. The molecular formula is C33H23BrN6O2. The first-order chi connectivity index (χ1) is 20.6. The van der Waals surface area contributed by atoms with Crippen LogP contribution in [0.5, 0.6) is 5.75 Å². The highest BCUT2D eigenvalue weighted by Crippen LogP contribution is 2.20. The van der Waals surface area contributed by atoms with Crippen LogP contribution in [0.2, 0.25) is 0 Å². The summed E-state index contributed by atoms with van der Waals surface area (Å²) in [5.74, 6) is 1.12. The summed E-state index contributed by atoms with van der Waals surface area (Å²) in [5.41, 5.74) is 4.41. The van der Waals surface area contributed by atoms with Gasteiger partial charge in [-0.15, -0.1) is 5.10 Å². The first-order valence-electron chi connectivity index (χ1n) is 13.1. The number of rotatable bonds is 8. The molecule has 0 fully saturated rings. The van der Waals surface area contributed by atoms with Gasteiger partial charge in [0.1, 0.15) is 23.9 Å². The molecule has 6 rings (SSSR count). The predicted octanol–water partition coefficient (Wildman–Crippen LogP) is 6.41. The van der Waals surface area contributed by atoms with E-state index < -0.39 is 0 Å². The lowest BCUT2D eigenvalue weighted by Gasteiger charge is -2.12. The van der Waals surface area contributed by atoms with Crippen molar-refractivity contribution in [2.75, 3.05) is 0 Å². The summed E-state index contributed by atoms with van der Waals surface area (Å²) in [6.07, 6.45) is 5.54. The third-order valence-electron chi connectivity index (χ3n) is 6.59. The topological polar surface area (TPSA) is 98.6 Å². The van der Waals surface area contributed by atoms with E-state index in [9.17, 15) is 4.79 Å². The Kier molecular flexibility index (Phi) is 7.70. The SMILES string of the molecule is N#Cc1ccc(/C=C/c2nc3ccccc3c(=O)n2-c2ccc(OCc3cn(Cc4ccc(Br)cc4)nn3)cc2)cc1. The van der Waals surface area contributed by atoms with Gasteiger partial charge in [0.15, 0.2) is 0 Å². The van der Waals surface area contributed by atoms with Crippen molar-refractivity contribution in [3.8, 4) is 17.5 Å². The largest absolute Gasteiger partial charge is 0.487 e. The fourth-order valence-electron chi connectivity index (χ4n) is 4.46. The summed E-state index contributed by atoms with van der Waals surface area (Å²) in [6, 6.07) is 32.0. The normalized spacial score (nSPS) is 11.1. The molecule has 42 heavy (non-hydrogen) atoms. The van der Waals surface area contributed by atoms with Crippen LogP contribution in [-0.2, 0) is 13.2 Å². The second kappa shape index (κ2) is 12.0. The molecule has 8 nitrogen and oxygen atoms in total. The third kappa shape index (κ3) is 6.04. The van der Waals surface area contributed by atoms with Crippen molar-refractivity contribution in [3.63, 3.8) is 0 Å². The number of aromatic nitrogens is 5. The summed E-state index contributed by atoms with van der Waals surface area (Å²) >= 11 is 3.45. The molecule has 9 heteroatoms. The molecule has 2 heterocycles. The van der Waals surface area contributed by atoms with E-state index >= 15 is 0 Å². The van der Waals surface area contributed by atoms with Crippen molar-refractivity contribution in [1.29, 1.82) is 5.26 Å². The van der Waals surface area contributed by atoms with Crippen LogP contribution < -0.4 is 10.3 Å². The number of halogens is 1. The molecule has 0 spiro atoms. The molecule has 0 aliphatic heterocycles. The highest BCUT2D eigenvalue weighted by molar-refractivity contribution is 9.10. The van der Waals surface area contributed by atoms with E-state index in [4.69, 9.17) is 15.0 Å². The Morgan fingerprint density at radius 2 is 1.67 bits per heavy atom. The molecule has 0 aliphatic carbocycles. The van der Waals surface area contributed by atoms with E-state index in [0.29, 0.717) is 46.0 Å². The van der Waals surface area contributed by atoms with Crippen molar-refractivity contribution in [2.24, 2.45) is 0 Å². The van der Waals surface area contributed by atoms with Crippen LogP contribution in [0.1, 0.15) is 28.2 Å². The second-order valence-corrected chi connectivity index (χ2v) is 10.4. The number of fused-ring (bicyclic) bond motifs is 1. The van der Waals surface area contributed by atoms with Gasteiger partial charge in [0.2, 0.25) is 0 Å². The quantitative estimate of drug-likeness (QED) is 0.196. The summed E-state index contributed by atoms with van der Waals surface area (Å²) in [5, 5.41) is 18.0. The van der Waals surface area contributed by atoms with Crippen LogP contribution >= 0.6 is 15.9 Å². The fourth-order valence-corrected chi connectivity index (χ4v) is 4.72. The highest BCUT2D eigenvalue weighted by Gasteiger charge is 2.12. The average Bonchev–Trinajstić information content (AvgIpc) is 3.48. The van der Waals surface area contributed by atoms with Crippen LogP contribution in [-0.4, -0.2) is 24.5 Å². The van der Waals surface area contributed by atoms with Crippen molar-refractivity contribution in [1.82, 2.24) is 24.5 Å². The van der Waals surface area contributed by atoms with Gasteiger partial charge in [-0.2, -0.15) is 5.26 Å². The summed E-state index contributed by atoms with van der Waals surface area (Å²) in [6.45, 7) is 0.876. The highest BCUT2D eigenvalue weighted by atomic mass is 79.9. The van der Waals surface area contributed by atoms with Crippen LogP contribution in [0.25, 0.3) is 28.7 Å². The molecule has 4 aromatic carbocycles. The molecule has 0 radical (unpaired) electrons. The van der Waals surface area contributed by atoms with Crippen LogP contribution in [0.4, 0.5) is 0 Å². The van der Waals surface area contributed by atoms with Crippen molar-refractivity contribution in [2.45, 2.75) is 13.2 Å². The van der Waals surface area contributed by atoms with Gasteiger partial charge in [-0.25, -0.2) is 9.67 Å². The summed E-state index contributed by atoms with van der Waals surface area (Å²) in [7, 11) is 0. The van der Waals surface area contributed by atoms with E-state index in [1.165, 1.54) is 0 Å². The van der Waals surface area contributed by atoms with Crippen molar-refractivity contribution >= 4 is 39.0 Å². The molecule has 204 valence electrons.